The number of nitrogens with one attached hydrogen (secondary N) is 3. The van der Waals surface area contributed by atoms with E-state index in [0.29, 0.717) is 6.54 Å². The van der Waals surface area contributed by atoms with Crippen molar-refractivity contribution in [2.24, 2.45) is 0 Å². The molecule has 0 atom stereocenters. The Hall–Kier alpha value is -0.380. The van der Waals surface area contributed by atoms with Crippen molar-refractivity contribution >= 4 is 10.2 Å². The van der Waals surface area contributed by atoms with Crippen LogP contribution < -0.4 is 14.8 Å². The van der Waals surface area contributed by atoms with Crippen molar-refractivity contribution in [2.45, 2.75) is 6.18 Å². The van der Waals surface area contributed by atoms with Crippen LogP contribution in [0.25, 0.3) is 0 Å². The summed E-state index contributed by atoms with van der Waals surface area (Å²) in [7, 11) is -2.45. The molecule has 0 aliphatic heterocycles. The highest BCUT2D eigenvalue weighted by molar-refractivity contribution is 7.87. The maximum atomic E-state index is 11.6. The van der Waals surface area contributed by atoms with Gasteiger partial charge in [0, 0.05) is 13.1 Å². The second-order valence-corrected chi connectivity index (χ2v) is 4.02. The molecule has 0 fully saturated rings. The van der Waals surface area contributed by atoms with Gasteiger partial charge in [0.1, 0.15) is 6.54 Å². The normalized spacial score (nSPS) is 13.1. The van der Waals surface area contributed by atoms with E-state index in [2.05, 4.69) is 5.32 Å². The van der Waals surface area contributed by atoms with Crippen molar-refractivity contribution in [2.75, 3.05) is 26.7 Å². The minimum absolute atomic E-state index is 0.0314. The molecule has 0 amide bonds. The highest BCUT2D eigenvalue weighted by Crippen LogP contribution is 2.12. The van der Waals surface area contributed by atoms with Gasteiger partial charge in [-0.05, 0) is 7.05 Å². The monoisotopic (exact) mass is 235 g/mol. The molecule has 0 aromatic carbocycles. The Kier molecular flexibility index (Phi) is 5.34. The molecule has 0 saturated heterocycles. The van der Waals surface area contributed by atoms with Gasteiger partial charge < -0.3 is 5.32 Å². The molecule has 3 N–H and O–H groups in total. The zero-order valence-electron chi connectivity index (χ0n) is 7.48. The van der Waals surface area contributed by atoms with Crippen LogP contribution in [0.2, 0.25) is 0 Å². The lowest BCUT2D eigenvalue weighted by Gasteiger charge is -2.09. The van der Waals surface area contributed by atoms with Gasteiger partial charge in [-0.3, -0.25) is 0 Å². The SMILES string of the molecule is CNCCNS(=O)(=O)NCC(F)(F)F. The molecule has 5 nitrogen and oxygen atoms in total. The summed E-state index contributed by atoms with van der Waals surface area (Å²) < 4.78 is 59.7. The van der Waals surface area contributed by atoms with Gasteiger partial charge in [0.2, 0.25) is 0 Å². The molecule has 0 spiro atoms. The number of halogens is 3. The summed E-state index contributed by atoms with van der Waals surface area (Å²) in [5.41, 5.74) is 0. The summed E-state index contributed by atoms with van der Waals surface area (Å²) in [6, 6.07) is 0. The number of hydrogen-bond donors (Lipinski definition) is 3. The zero-order valence-corrected chi connectivity index (χ0v) is 8.30. The van der Waals surface area contributed by atoms with Crippen molar-refractivity contribution < 1.29 is 21.6 Å². The van der Waals surface area contributed by atoms with Crippen LogP contribution in [0.1, 0.15) is 0 Å². The lowest BCUT2D eigenvalue weighted by atomic mass is 10.7. The molecule has 0 bridgehead atoms. The van der Waals surface area contributed by atoms with Crippen molar-refractivity contribution in [3.63, 3.8) is 0 Å². The van der Waals surface area contributed by atoms with Gasteiger partial charge in [-0.15, -0.1) is 0 Å². The van der Waals surface area contributed by atoms with E-state index in [0.717, 1.165) is 0 Å². The maximum absolute atomic E-state index is 11.6. The molecule has 0 rings (SSSR count). The van der Waals surface area contributed by atoms with Crippen LogP contribution in [0.15, 0.2) is 0 Å². The van der Waals surface area contributed by atoms with Crippen molar-refractivity contribution in [1.82, 2.24) is 14.8 Å². The molecule has 0 aliphatic rings. The second kappa shape index (κ2) is 5.49. The topological polar surface area (TPSA) is 70.2 Å². The summed E-state index contributed by atoms with van der Waals surface area (Å²) in [5.74, 6) is 0. The van der Waals surface area contributed by atoms with Gasteiger partial charge >= 0.3 is 6.18 Å². The van der Waals surface area contributed by atoms with E-state index in [1.807, 2.05) is 4.72 Å². The molecule has 9 heteroatoms. The minimum Gasteiger partial charge on any atom is -0.318 e. The summed E-state index contributed by atoms with van der Waals surface area (Å²) in [6.45, 7) is -1.20. The van der Waals surface area contributed by atoms with Crippen LogP contribution in [0.3, 0.4) is 0 Å². The third-order valence-corrected chi connectivity index (χ3v) is 2.24. The number of rotatable bonds is 6. The third kappa shape index (κ3) is 8.23. The van der Waals surface area contributed by atoms with E-state index in [4.69, 9.17) is 0 Å². The van der Waals surface area contributed by atoms with Gasteiger partial charge in [-0.25, -0.2) is 4.72 Å². The molecule has 0 saturated carbocycles. The van der Waals surface area contributed by atoms with Crippen molar-refractivity contribution in [1.29, 1.82) is 0 Å². The lowest BCUT2D eigenvalue weighted by Crippen LogP contribution is -2.43. The lowest BCUT2D eigenvalue weighted by molar-refractivity contribution is -0.121. The molecule has 14 heavy (non-hydrogen) atoms. The zero-order chi connectivity index (χ0) is 11.2. The van der Waals surface area contributed by atoms with Gasteiger partial charge in [-0.1, -0.05) is 0 Å². The molecule has 0 aromatic heterocycles. The third-order valence-electron chi connectivity index (χ3n) is 1.13. The smallest absolute Gasteiger partial charge is 0.318 e. The molecular formula is C5H12F3N3O2S. The molecule has 0 radical (unpaired) electrons. The first-order valence-corrected chi connectivity index (χ1v) is 5.21. The minimum atomic E-state index is -4.54. The molecular weight excluding hydrogens is 223 g/mol. The van der Waals surface area contributed by atoms with Gasteiger partial charge in [0.25, 0.3) is 10.2 Å². The Morgan fingerprint density at radius 2 is 1.71 bits per heavy atom. The Labute approximate surface area is 80.2 Å². The van der Waals surface area contributed by atoms with Crippen molar-refractivity contribution in [3.8, 4) is 0 Å². The average molecular weight is 235 g/mol. The fourth-order valence-corrected chi connectivity index (χ4v) is 1.36. The fraction of sp³-hybridized carbons (Fsp3) is 1.00. The first kappa shape index (κ1) is 13.6. The van der Waals surface area contributed by atoms with Crippen LogP contribution in [0.5, 0.6) is 0 Å². The molecule has 86 valence electrons. The van der Waals surface area contributed by atoms with E-state index in [1.165, 1.54) is 4.72 Å². The van der Waals surface area contributed by atoms with Crippen LogP contribution in [-0.4, -0.2) is 41.3 Å². The van der Waals surface area contributed by atoms with Gasteiger partial charge in [-0.2, -0.15) is 26.3 Å². The molecule has 0 heterocycles. The fourth-order valence-electron chi connectivity index (χ4n) is 0.538. The second-order valence-electron chi connectivity index (χ2n) is 2.44. The average Bonchev–Trinajstić information content (AvgIpc) is 2.00. The van der Waals surface area contributed by atoms with Crippen LogP contribution >= 0.6 is 0 Å². The number of alkyl halides is 3. The Morgan fingerprint density at radius 3 is 2.14 bits per heavy atom. The molecule has 0 aliphatic carbocycles. The highest BCUT2D eigenvalue weighted by Gasteiger charge is 2.29. The first-order chi connectivity index (χ1) is 6.27. The number of likely N-dealkylation sites (N-methyl/N-ethyl adjacent to an activating group) is 1. The summed E-state index contributed by atoms with van der Waals surface area (Å²) in [5, 5.41) is 2.64. The van der Waals surface area contributed by atoms with Gasteiger partial charge in [0.05, 0.1) is 0 Å². The van der Waals surface area contributed by atoms with Crippen LogP contribution in [0, 0.1) is 0 Å². The summed E-state index contributed by atoms with van der Waals surface area (Å²) >= 11 is 0. The van der Waals surface area contributed by atoms with E-state index in [-0.39, 0.29) is 6.54 Å². The van der Waals surface area contributed by atoms with Gasteiger partial charge in [0.15, 0.2) is 0 Å². The predicted molar refractivity (Wildman–Crippen MR) is 44.9 cm³/mol. The molecule has 0 aromatic rings. The van der Waals surface area contributed by atoms with E-state index < -0.39 is 22.9 Å². The Bertz CT molecular complexity index is 251. The van der Waals surface area contributed by atoms with Crippen LogP contribution in [-0.2, 0) is 10.2 Å². The quantitative estimate of drug-likeness (QED) is 0.527. The van der Waals surface area contributed by atoms with Crippen molar-refractivity contribution in [3.05, 3.63) is 0 Å². The van der Waals surface area contributed by atoms with E-state index >= 15 is 0 Å². The highest BCUT2D eigenvalue weighted by atomic mass is 32.2. The molecule has 0 unspecified atom stereocenters. The van der Waals surface area contributed by atoms with E-state index in [9.17, 15) is 21.6 Å². The van der Waals surface area contributed by atoms with E-state index in [1.54, 1.807) is 7.05 Å². The standard InChI is InChI=1S/C5H12F3N3O2S/c1-9-2-3-10-14(12,13)11-4-5(6,7)8/h9-11H,2-4H2,1H3. The maximum Gasteiger partial charge on any atom is 0.402 e. The summed E-state index contributed by atoms with van der Waals surface area (Å²) in [4.78, 5) is 0. The Balaban J connectivity index is 3.85. The summed E-state index contributed by atoms with van der Waals surface area (Å²) in [6.07, 6.45) is -4.54. The number of hydrogen-bond acceptors (Lipinski definition) is 3. The predicted octanol–water partition coefficient (Wildman–Crippen LogP) is -0.808. The Morgan fingerprint density at radius 1 is 1.14 bits per heavy atom. The first-order valence-electron chi connectivity index (χ1n) is 3.72. The van der Waals surface area contributed by atoms with Crippen LogP contribution in [0.4, 0.5) is 13.2 Å². The largest absolute Gasteiger partial charge is 0.402 e.